The molecule has 1 aliphatic carbocycles. The van der Waals surface area contributed by atoms with E-state index in [0.717, 1.165) is 34.7 Å². The van der Waals surface area contributed by atoms with Gasteiger partial charge in [-0.2, -0.15) is 5.26 Å². The number of amides is 1. The highest BCUT2D eigenvalue weighted by Crippen LogP contribution is 2.42. The summed E-state index contributed by atoms with van der Waals surface area (Å²) in [5, 5.41) is 14.9. The van der Waals surface area contributed by atoms with Crippen LogP contribution in [0.4, 0.5) is 5.69 Å². The van der Waals surface area contributed by atoms with Crippen LogP contribution >= 0.6 is 11.3 Å². The Balaban J connectivity index is 1.43. The highest BCUT2D eigenvalue weighted by Gasteiger charge is 2.26. The van der Waals surface area contributed by atoms with Crippen molar-refractivity contribution in [3.05, 3.63) is 64.9 Å². The van der Waals surface area contributed by atoms with Gasteiger partial charge in [0.2, 0.25) is 5.91 Å². The largest absolute Gasteiger partial charge is 0.326 e. The van der Waals surface area contributed by atoms with Gasteiger partial charge < -0.3 is 5.32 Å². The molecular weight excluding hydrogens is 344 g/mol. The summed E-state index contributed by atoms with van der Waals surface area (Å²) in [5.41, 5.74) is 4.06. The summed E-state index contributed by atoms with van der Waals surface area (Å²) in [6.45, 7) is 0. The molecule has 4 rings (SSSR count). The van der Waals surface area contributed by atoms with Crippen molar-refractivity contribution in [1.82, 2.24) is 9.97 Å². The highest BCUT2D eigenvalue weighted by molar-refractivity contribution is 7.13. The lowest BCUT2D eigenvalue weighted by Gasteiger charge is -2.07. The average Bonchev–Trinajstić information content (AvgIpc) is 3.41. The van der Waals surface area contributed by atoms with Gasteiger partial charge in [-0.1, -0.05) is 6.07 Å². The number of carbonyl (C=O) groups is 1. The summed E-state index contributed by atoms with van der Waals surface area (Å²) >= 11 is 1.49. The third-order valence-electron chi connectivity index (χ3n) is 4.28. The van der Waals surface area contributed by atoms with Gasteiger partial charge in [0.1, 0.15) is 5.01 Å². The zero-order chi connectivity index (χ0) is 17.9. The van der Waals surface area contributed by atoms with Gasteiger partial charge in [-0.05, 0) is 48.6 Å². The van der Waals surface area contributed by atoms with Crippen LogP contribution in [0, 0.1) is 11.3 Å². The lowest BCUT2D eigenvalue weighted by molar-refractivity contribution is -0.115. The van der Waals surface area contributed by atoms with Crippen LogP contribution in [0.1, 0.15) is 35.6 Å². The van der Waals surface area contributed by atoms with E-state index in [-0.39, 0.29) is 12.3 Å². The number of carbonyl (C=O) groups excluding carboxylic acids is 1. The van der Waals surface area contributed by atoms with Gasteiger partial charge in [0.25, 0.3) is 0 Å². The predicted molar refractivity (Wildman–Crippen MR) is 101 cm³/mol. The van der Waals surface area contributed by atoms with E-state index in [4.69, 9.17) is 0 Å². The van der Waals surface area contributed by atoms with E-state index in [2.05, 4.69) is 21.4 Å². The zero-order valence-corrected chi connectivity index (χ0v) is 14.8. The maximum atomic E-state index is 12.3. The van der Waals surface area contributed by atoms with Gasteiger partial charge in [0.15, 0.2) is 0 Å². The SMILES string of the molecule is N#Cc1cc(NC(=O)Cc2csc(-c3cccnc3)n2)ccc1C1CC1. The predicted octanol–water partition coefficient (Wildman–Crippen LogP) is 4.14. The van der Waals surface area contributed by atoms with E-state index in [1.165, 1.54) is 11.3 Å². The van der Waals surface area contributed by atoms with Crippen molar-refractivity contribution < 1.29 is 4.79 Å². The summed E-state index contributed by atoms with van der Waals surface area (Å²) in [6, 6.07) is 11.6. The average molecular weight is 360 g/mol. The summed E-state index contributed by atoms with van der Waals surface area (Å²) in [7, 11) is 0. The molecule has 0 unspecified atom stereocenters. The smallest absolute Gasteiger partial charge is 0.230 e. The number of nitrogens with one attached hydrogen (secondary N) is 1. The Morgan fingerprint density at radius 2 is 2.23 bits per heavy atom. The van der Waals surface area contributed by atoms with Gasteiger partial charge in [-0.15, -0.1) is 11.3 Å². The van der Waals surface area contributed by atoms with Gasteiger partial charge in [0, 0.05) is 29.0 Å². The van der Waals surface area contributed by atoms with Crippen LogP contribution in [0.15, 0.2) is 48.1 Å². The number of thiazole rings is 1. The quantitative estimate of drug-likeness (QED) is 0.742. The molecule has 1 saturated carbocycles. The van der Waals surface area contributed by atoms with Crippen molar-refractivity contribution in [3.63, 3.8) is 0 Å². The first-order valence-corrected chi connectivity index (χ1v) is 9.29. The van der Waals surface area contributed by atoms with E-state index in [1.807, 2.05) is 29.6 Å². The van der Waals surface area contributed by atoms with Gasteiger partial charge in [-0.3, -0.25) is 9.78 Å². The number of pyridine rings is 1. The summed E-state index contributed by atoms with van der Waals surface area (Å²) < 4.78 is 0. The fourth-order valence-electron chi connectivity index (χ4n) is 2.86. The molecule has 2 heterocycles. The fraction of sp³-hybridized carbons (Fsp3) is 0.200. The molecule has 0 radical (unpaired) electrons. The lowest BCUT2D eigenvalue weighted by atomic mass is 10.0. The van der Waals surface area contributed by atoms with E-state index < -0.39 is 0 Å². The second-order valence-electron chi connectivity index (χ2n) is 6.30. The molecule has 0 spiro atoms. The number of anilines is 1. The minimum atomic E-state index is -0.143. The van der Waals surface area contributed by atoms with Crippen LogP contribution in [0.2, 0.25) is 0 Å². The normalized spacial score (nSPS) is 13.2. The maximum absolute atomic E-state index is 12.3. The van der Waals surface area contributed by atoms with Gasteiger partial charge >= 0.3 is 0 Å². The first-order valence-electron chi connectivity index (χ1n) is 8.41. The molecule has 1 aliphatic rings. The van der Waals surface area contributed by atoms with Crippen LogP contribution in [0.5, 0.6) is 0 Å². The van der Waals surface area contributed by atoms with Crippen LogP contribution in [0.25, 0.3) is 10.6 Å². The third-order valence-corrected chi connectivity index (χ3v) is 5.22. The molecule has 5 nitrogen and oxygen atoms in total. The van der Waals surface area contributed by atoms with Gasteiger partial charge in [-0.25, -0.2) is 4.98 Å². The summed E-state index contributed by atoms with van der Waals surface area (Å²) in [6.07, 6.45) is 5.96. The molecule has 1 N–H and O–H groups in total. The third kappa shape index (κ3) is 3.63. The molecule has 26 heavy (non-hydrogen) atoms. The van der Waals surface area contributed by atoms with Crippen LogP contribution in [-0.4, -0.2) is 15.9 Å². The lowest BCUT2D eigenvalue weighted by Crippen LogP contribution is -2.14. The van der Waals surface area contributed by atoms with Crippen molar-refractivity contribution >= 4 is 22.9 Å². The summed E-state index contributed by atoms with van der Waals surface area (Å²) in [5.74, 6) is 0.367. The number of nitriles is 1. The van der Waals surface area contributed by atoms with E-state index in [9.17, 15) is 10.1 Å². The Bertz CT molecular complexity index is 987. The number of aromatic nitrogens is 2. The standard InChI is InChI=1S/C20H16N4OS/c21-10-15-8-16(5-6-18(15)13-3-4-13)23-19(25)9-17-12-26-20(24-17)14-2-1-7-22-11-14/h1-2,5-8,11-13H,3-4,9H2,(H,23,25). The zero-order valence-electron chi connectivity index (χ0n) is 14.0. The second kappa shape index (κ2) is 7.06. The molecular formula is C20H16N4OS. The molecule has 0 aliphatic heterocycles. The molecule has 1 fully saturated rings. The minimum absolute atomic E-state index is 0.143. The molecule has 6 heteroatoms. The fourth-order valence-corrected chi connectivity index (χ4v) is 3.67. The van der Waals surface area contributed by atoms with Crippen LogP contribution in [-0.2, 0) is 11.2 Å². The number of rotatable bonds is 5. The van der Waals surface area contributed by atoms with Crippen LogP contribution in [0.3, 0.4) is 0 Å². The van der Waals surface area contributed by atoms with E-state index >= 15 is 0 Å². The molecule has 3 aromatic rings. The Hall–Kier alpha value is -3.04. The number of nitrogens with zero attached hydrogens (tertiary/aromatic N) is 3. The van der Waals surface area contributed by atoms with E-state index in [1.54, 1.807) is 18.5 Å². The molecule has 2 aromatic heterocycles. The van der Waals surface area contributed by atoms with Crippen molar-refractivity contribution in [2.75, 3.05) is 5.32 Å². The molecule has 0 saturated heterocycles. The van der Waals surface area contributed by atoms with Gasteiger partial charge in [0.05, 0.1) is 23.7 Å². The number of hydrogen-bond donors (Lipinski definition) is 1. The summed E-state index contributed by atoms with van der Waals surface area (Å²) in [4.78, 5) is 20.9. The molecule has 128 valence electrons. The molecule has 0 bridgehead atoms. The van der Waals surface area contributed by atoms with Crippen molar-refractivity contribution in [2.24, 2.45) is 0 Å². The second-order valence-corrected chi connectivity index (χ2v) is 7.16. The van der Waals surface area contributed by atoms with Crippen molar-refractivity contribution in [2.45, 2.75) is 25.2 Å². The van der Waals surface area contributed by atoms with E-state index in [0.29, 0.717) is 17.2 Å². The Labute approximate surface area is 155 Å². The number of benzene rings is 1. The molecule has 1 amide bonds. The van der Waals surface area contributed by atoms with Crippen LogP contribution < -0.4 is 5.32 Å². The Morgan fingerprint density at radius 3 is 2.96 bits per heavy atom. The minimum Gasteiger partial charge on any atom is -0.326 e. The Kier molecular flexibility index (Phi) is 4.46. The number of hydrogen-bond acceptors (Lipinski definition) is 5. The van der Waals surface area contributed by atoms with Crippen molar-refractivity contribution in [1.29, 1.82) is 5.26 Å². The molecule has 1 aromatic carbocycles. The topological polar surface area (TPSA) is 78.7 Å². The molecule has 0 atom stereocenters. The van der Waals surface area contributed by atoms with Crippen molar-refractivity contribution in [3.8, 4) is 16.6 Å². The first kappa shape index (κ1) is 16.4. The Morgan fingerprint density at radius 1 is 1.35 bits per heavy atom. The maximum Gasteiger partial charge on any atom is 0.230 e. The highest BCUT2D eigenvalue weighted by atomic mass is 32.1. The first-order chi connectivity index (χ1) is 12.7. The monoisotopic (exact) mass is 360 g/mol.